The molecule has 2 aromatic carbocycles. The molecule has 3 heteroatoms. The maximum Gasteiger partial charge on any atom is 0.176 e. The van der Waals surface area contributed by atoms with E-state index in [0.29, 0.717) is 6.54 Å². The molecule has 0 saturated carbocycles. The second kappa shape index (κ2) is 5.01. The second-order valence-electron chi connectivity index (χ2n) is 5.76. The Hall–Kier alpha value is -2.13. The first-order valence-electron chi connectivity index (χ1n) is 7.38. The van der Waals surface area contributed by atoms with E-state index in [1.54, 1.807) is 0 Å². The summed E-state index contributed by atoms with van der Waals surface area (Å²) in [7, 11) is 0. The largest absolute Gasteiger partial charge is 0.493 e. The quantitative estimate of drug-likeness (QED) is 0.809. The molecule has 0 unspecified atom stereocenters. The molecule has 21 heavy (non-hydrogen) atoms. The van der Waals surface area contributed by atoms with Crippen LogP contribution in [0.5, 0.6) is 5.75 Å². The topological polar surface area (TPSA) is 29.5 Å². The third kappa shape index (κ3) is 2.34. The molecule has 0 aromatic heterocycles. The van der Waals surface area contributed by atoms with Crippen LogP contribution in [0.1, 0.15) is 27.0 Å². The average Bonchev–Trinajstić information content (AvgIpc) is 3.11. The predicted molar refractivity (Wildman–Crippen MR) is 80.5 cm³/mol. The first-order chi connectivity index (χ1) is 10.3. The number of ether oxygens (including phenoxy) is 1. The Labute approximate surface area is 124 Å². The Morgan fingerprint density at radius 3 is 2.57 bits per heavy atom. The van der Waals surface area contributed by atoms with E-state index in [4.69, 9.17) is 4.74 Å². The van der Waals surface area contributed by atoms with Crippen molar-refractivity contribution in [3.05, 3.63) is 64.7 Å². The maximum atomic E-state index is 12.5. The molecular weight excluding hydrogens is 262 g/mol. The lowest BCUT2D eigenvalue weighted by Gasteiger charge is -2.14. The zero-order chi connectivity index (χ0) is 14.2. The Kier molecular flexibility index (Phi) is 3.00. The normalized spacial score (nSPS) is 16.4. The van der Waals surface area contributed by atoms with E-state index < -0.39 is 0 Å². The fraction of sp³-hybridized carbons (Fsp3) is 0.278. The number of Topliss-reactive ketones (excluding diaryl/α,β-unsaturated/α-hetero) is 1. The smallest absolute Gasteiger partial charge is 0.176 e. The Balaban J connectivity index is 1.47. The minimum Gasteiger partial charge on any atom is -0.493 e. The summed E-state index contributed by atoms with van der Waals surface area (Å²) in [6.45, 7) is 2.95. The van der Waals surface area contributed by atoms with Crippen LogP contribution in [0.3, 0.4) is 0 Å². The lowest BCUT2D eigenvalue weighted by molar-refractivity contribution is 0.0929. The van der Waals surface area contributed by atoms with Crippen molar-refractivity contribution in [3.63, 3.8) is 0 Å². The van der Waals surface area contributed by atoms with Gasteiger partial charge in [-0.25, -0.2) is 0 Å². The van der Waals surface area contributed by atoms with Crippen molar-refractivity contribution >= 4 is 5.78 Å². The summed E-state index contributed by atoms with van der Waals surface area (Å²) in [6.07, 6.45) is 0.908. The van der Waals surface area contributed by atoms with Gasteiger partial charge in [0.1, 0.15) is 5.75 Å². The zero-order valence-electron chi connectivity index (χ0n) is 11.8. The highest BCUT2D eigenvalue weighted by atomic mass is 16.5. The van der Waals surface area contributed by atoms with Gasteiger partial charge in [0.25, 0.3) is 0 Å². The molecule has 2 aromatic rings. The number of carbonyl (C=O) groups excluding carboxylic acids is 1. The average molecular weight is 279 g/mol. The second-order valence-corrected chi connectivity index (χ2v) is 5.76. The van der Waals surface area contributed by atoms with Gasteiger partial charge < -0.3 is 4.74 Å². The number of hydrogen-bond acceptors (Lipinski definition) is 3. The van der Waals surface area contributed by atoms with Crippen LogP contribution in [-0.4, -0.2) is 23.8 Å². The monoisotopic (exact) mass is 279 g/mol. The molecular formula is C18H17NO2. The van der Waals surface area contributed by atoms with Crippen molar-refractivity contribution in [3.8, 4) is 5.75 Å². The summed E-state index contributed by atoms with van der Waals surface area (Å²) in [4.78, 5) is 14.7. The highest BCUT2D eigenvalue weighted by molar-refractivity contribution is 5.98. The SMILES string of the molecule is O=C(CN1Cc2ccccc2C1)c1ccc2c(c1)CCO2. The van der Waals surface area contributed by atoms with Gasteiger partial charge in [-0.05, 0) is 34.9 Å². The van der Waals surface area contributed by atoms with Crippen molar-refractivity contribution in [2.75, 3.05) is 13.2 Å². The number of nitrogens with zero attached hydrogens (tertiary/aromatic N) is 1. The van der Waals surface area contributed by atoms with E-state index in [1.807, 2.05) is 18.2 Å². The highest BCUT2D eigenvalue weighted by Gasteiger charge is 2.22. The van der Waals surface area contributed by atoms with Gasteiger partial charge in [-0.3, -0.25) is 9.69 Å². The first kappa shape index (κ1) is 12.6. The van der Waals surface area contributed by atoms with Crippen molar-refractivity contribution in [1.82, 2.24) is 4.90 Å². The Morgan fingerprint density at radius 2 is 1.81 bits per heavy atom. The maximum absolute atomic E-state index is 12.5. The van der Waals surface area contributed by atoms with Crippen LogP contribution in [0.2, 0.25) is 0 Å². The van der Waals surface area contributed by atoms with E-state index in [9.17, 15) is 4.79 Å². The molecule has 0 atom stereocenters. The molecule has 0 N–H and O–H groups in total. The van der Waals surface area contributed by atoms with Crippen LogP contribution in [0.15, 0.2) is 42.5 Å². The molecule has 4 rings (SSSR count). The summed E-state index contributed by atoms with van der Waals surface area (Å²) in [5.41, 5.74) is 4.64. The van der Waals surface area contributed by atoms with Crippen molar-refractivity contribution in [1.29, 1.82) is 0 Å². The minimum absolute atomic E-state index is 0.192. The highest BCUT2D eigenvalue weighted by Crippen LogP contribution is 2.27. The van der Waals surface area contributed by atoms with Crippen LogP contribution in [0, 0.1) is 0 Å². The zero-order valence-corrected chi connectivity index (χ0v) is 11.8. The lowest BCUT2D eigenvalue weighted by Crippen LogP contribution is -2.24. The number of benzene rings is 2. The fourth-order valence-electron chi connectivity index (χ4n) is 3.17. The minimum atomic E-state index is 0.192. The molecule has 3 nitrogen and oxygen atoms in total. The van der Waals surface area contributed by atoms with Crippen molar-refractivity contribution in [2.24, 2.45) is 0 Å². The van der Waals surface area contributed by atoms with Gasteiger partial charge in [-0.2, -0.15) is 0 Å². The van der Waals surface area contributed by atoms with E-state index >= 15 is 0 Å². The van der Waals surface area contributed by atoms with Crippen molar-refractivity contribution < 1.29 is 9.53 Å². The molecule has 0 bridgehead atoms. The predicted octanol–water partition coefficient (Wildman–Crippen LogP) is 2.82. The molecule has 0 radical (unpaired) electrons. The van der Waals surface area contributed by atoms with Gasteiger partial charge >= 0.3 is 0 Å². The molecule has 0 amide bonds. The Morgan fingerprint density at radius 1 is 1.05 bits per heavy atom. The number of fused-ring (bicyclic) bond motifs is 2. The number of carbonyl (C=O) groups is 1. The van der Waals surface area contributed by atoms with Crippen LogP contribution < -0.4 is 4.74 Å². The molecule has 106 valence electrons. The third-order valence-corrected chi connectivity index (χ3v) is 4.28. The molecule has 2 aliphatic rings. The van der Waals surface area contributed by atoms with E-state index in [0.717, 1.165) is 43.0 Å². The molecule has 0 saturated heterocycles. The van der Waals surface area contributed by atoms with Gasteiger partial charge in [-0.1, -0.05) is 24.3 Å². The first-order valence-corrected chi connectivity index (χ1v) is 7.38. The molecule has 0 fully saturated rings. The van der Waals surface area contributed by atoms with Gasteiger partial charge in [0.2, 0.25) is 0 Å². The van der Waals surface area contributed by atoms with E-state index in [1.165, 1.54) is 11.1 Å². The summed E-state index contributed by atoms with van der Waals surface area (Å²) in [6, 6.07) is 14.2. The summed E-state index contributed by atoms with van der Waals surface area (Å²) in [5, 5.41) is 0. The fourth-order valence-corrected chi connectivity index (χ4v) is 3.17. The van der Waals surface area contributed by atoms with Gasteiger partial charge in [0.15, 0.2) is 5.78 Å². The Bertz CT molecular complexity index is 683. The summed E-state index contributed by atoms with van der Waals surface area (Å²) in [5.74, 6) is 1.12. The van der Waals surface area contributed by atoms with Gasteiger partial charge in [-0.15, -0.1) is 0 Å². The summed E-state index contributed by atoms with van der Waals surface area (Å²) < 4.78 is 5.49. The summed E-state index contributed by atoms with van der Waals surface area (Å²) >= 11 is 0. The number of hydrogen-bond donors (Lipinski definition) is 0. The van der Waals surface area contributed by atoms with Crippen LogP contribution >= 0.6 is 0 Å². The number of ketones is 1. The molecule has 2 heterocycles. The molecule has 2 aliphatic heterocycles. The molecule has 0 aliphatic carbocycles. The van der Waals surface area contributed by atoms with Gasteiger partial charge in [0, 0.05) is 25.1 Å². The standard InChI is InChI=1S/C18H17NO2/c20-17(13-5-6-18-14(9-13)7-8-21-18)12-19-10-15-3-1-2-4-16(15)11-19/h1-6,9H,7-8,10-12H2. The van der Waals surface area contributed by atoms with E-state index in [2.05, 4.69) is 29.2 Å². The van der Waals surface area contributed by atoms with Crippen LogP contribution in [0.25, 0.3) is 0 Å². The van der Waals surface area contributed by atoms with Crippen LogP contribution in [-0.2, 0) is 19.5 Å². The number of rotatable bonds is 3. The van der Waals surface area contributed by atoms with Crippen molar-refractivity contribution in [2.45, 2.75) is 19.5 Å². The van der Waals surface area contributed by atoms with E-state index in [-0.39, 0.29) is 5.78 Å². The van der Waals surface area contributed by atoms with Crippen LogP contribution in [0.4, 0.5) is 0 Å². The third-order valence-electron chi connectivity index (χ3n) is 4.28. The van der Waals surface area contributed by atoms with Gasteiger partial charge in [0.05, 0.1) is 13.2 Å². The lowest BCUT2D eigenvalue weighted by atomic mass is 10.1. The molecule has 0 spiro atoms.